The maximum absolute atomic E-state index is 13.4. The first-order valence-corrected chi connectivity index (χ1v) is 8.45. The number of rotatable bonds is 7. The summed E-state index contributed by atoms with van der Waals surface area (Å²) in [4.78, 5) is 18.2. The van der Waals surface area contributed by atoms with Crippen LogP contribution in [-0.4, -0.2) is 29.1 Å². The number of fused-ring (bicyclic) bond motifs is 1. The molecule has 3 rings (SSSR count). The Hall–Kier alpha value is -3.86. The van der Waals surface area contributed by atoms with Crippen molar-refractivity contribution in [2.45, 2.75) is 6.92 Å². The van der Waals surface area contributed by atoms with Crippen LogP contribution in [0, 0.1) is 17.1 Å². The fourth-order valence-electron chi connectivity index (χ4n) is 2.58. The number of aromatic amines is 1. The third-order valence-corrected chi connectivity index (χ3v) is 3.77. The Balaban J connectivity index is 1.95. The van der Waals surface area contributed by atoms with E-state index in [-0.39, 0.29) is 12.2 Å². The lowest BCUT2D eigenvalue weighted by Gasteiger charge is -2.11. The second-order valence-electron chi connectivity index (χ2n) is 5.81. The smallest absolute Gasteiger partial charge is 0.255 e. The van der Waals surface area contributed by atoms with Gasteiger partial charge in [-0.25, -0.2) is 9.37 Å². The number of nitrogens with two attached hydrogens (primary N) is 1. The minimum atomic E-state index is -0.598. The van der Waals surface area contributed by atoms with E-state index in [1.54, 1.807) is 24.3 Å². The number of imidazole rings is 1. The average Bonchev–Trinajstić information content (AvgIpc) is 3.08. The number of nitrogens with zero attached hydrogens (tertiary/aromatic N) is 2. The number of primary amides is 1. The number of H-pyrrole nitrogens is 1. The summed E-state index contributed by atoms with van der Waals surface area (Å²) in [5, 5.41) is 9.53. The van der Waals surface area contributed by atoms with E-state index >= 15 is 0 Å². The zero-order valence-corrected chi connectivity index (χ0v) is 15.0. The molecular formula is C20H17FN4O3. The van der Waals surface area contributed by atoms with Crippen molar-refractivity contribution in [3.05, 3.63) is 53.6 Å². The van der Waals surface area contributed by atoms with Gasteiger partial charge in [0.15, 0.2) is 18.1 Å². The first kappa shape index (κ1) is 18.9. The van der Waals surface area contributed by atoms with E-state index in [2.05, 4.69) is 16.0 Å². The quantitative estimate of drug-likeness (QED) is 0.612. The highest BCUT2D eigenvalue weighted by Crippen LogP contribution is 2.30. The molecule has 0 radical (unpaired) electrons. The van der Waals surface area contributed by atoms with Gasteiger partial charge in [0.05, 0.1) is 23.2 Å². The van der Waals surface area contributed by atoms with Crippen LogP contribution in [0.5, 0.6) is 11.5 Å². The number of benzene rings is 2. The van der Waals surface area contributed by atoms with E-state index in [4.69, 9.17) is 15.2 Å². The number of carbonyl (C=O) groups is 1. The molecule has 7 nitrogen and oxygen atoms in total. The number of halogens is 1. The molecule has 2 aromatic carbocycles. The monoisotopic (exact) mass is 380 g/mol. The van der Waals surface area contributed by atoms with Crippen molar-refractivity contribution in [1.82, 2.24) is 9.97 Å². The van der Waals surface area contributed by atoms with E-state index in [0.717, 1.165) is 0 Å². The standard InChI is InChI=1S/C20H17FN4O3/c1-2-27-18-8-12(3-6-17(18)28-11-19(23)26)7-13(10-22)20-24-15-5-4-14(21)9-16(15)25-20/h3-9H,2,11H2,1H3,(H2,23,26)(H,24,25)/b13-7-. The van der Waals surface area contributed by atoms with Crippen LogP contribution < -0.4 is 15.2 Å². The van der Waals surface area contributed by atoms with Crippen molar-refractivity contribution in [2.24, 2.45) is 5.73 Å². The number of aromatic nitrogens is 2. The Morgan fingerprint density at radius 1 is 1.29 bits per heavy atom. The van der Waals surface area contributed by atoms with Crippen molar-refractivity contribution in [1.29, 1.82) is 5.26 Å². The summed E-state index contributed by atoms with van der Waals surface area (Å²) in [5.74, 6) is 0.129. The van der Waals surface area contributed by atoms with E-state index in [1.807, 2.05) is 6.92 Å². The van der Waals surface area contributed by atoms with Crippen LogP contribution in [0.4, 0.5) is 4.39 Å². The molecule has 28 heavy (non-hydrogen) atoms. The van der Waals surface area contributed by atoms with Gasteiger partial charge in [-0.3, -0.25) is 4.79 Å². The number of hydrogen-bond donors (Lipinski definition) is 2. The fraction of sp³-hybridized carbons (Fsp3) is 0.150. The molecule has 1 amide bonds. The van der Waals surface area contributed by atoms with Crippen LogP contribution in [0.15, 0.2) is 36.4 Å². The molecule has 0 aliphatic heterocycles. The van der Waals surface area contributed by atoms with Crippen LogP contribution in [0.3, 0.4) is 0 Å². The van der Waals surface area contributed by atoms with Gasteiger partial charge < -0.3 is 20.2 Å². The predicted octanol–water partition coefficient (Wildman–Crippen LogP) is 3.03. The molecule has 1 heterocycles. The lowest BCUT2D eigenvalue weighted by Crippen LogP contribution is -2.20. The van der Waals surface area contributed by atoms with E-state index in [1.165, 1.54) is 18.2 Å². The Kier molecular flexibility index (Phi) is 5.56. The minimum absolute atomic E-state index is 0.268. The summed E-state index contributed by atoms with van der Waals surface area (Å²) in [6.45, 7) is 1.93. The number of nitrogens with one attached hydrogen (secondary N) is 1. The van der Waals surface area contributed by atoms with Crippen molar-refractivity contribution in [3.63, 3.8) is 0 Å². The van der Waals surface area contributed by atoms with Gasteiger partial charge in [-0.05, 0) is 48.9 Å². The predicted molar refractivity (Wildman–Crippen MR) is 102 cm³/mol. The Morgan fingerprint density at radius 3 is 2.82 bits per heavy atom. The number of hydrogen-bond acceptors (Lipinski definition) is 5. The molecule has 0 unspecified atom stereocenters. The van der Waals surface area contributed by atoms with Gasteiger partial charge in [-0.15, -0.1) is 0 Å². The van der Waals surface area contributed by atoms with Crippen LogP contribution in [0.1, 0.15) is 18.3 Å². The molecule has 142 valence electrons. The molecular weight excluding hydrogens is 363 g/mol. The van der Waals surface area contributed by atoms with E-state index in [0.29, 0.717) is 40.5 Å². The van der Waals surface area contributed by atoms with E-state index < -0.39 is 11.7 Å². The minimum Gasteiger partial charge on any atom is -0.490 e. The molecule has 0 bridgehead atoms. The van der Waals surface area contributed by atoms with Gasteiger partial charge in [-0.2, -0.15) is 5.26 Å². The van der Waals surface area contributed by atoms with Gasteiger partial charge in [0.1, 0.15) is 17.7 Å². The topological polar surface area (TPSA) is 114 Å². The Labute approximate surface area is 160 Å². The van der Waals surface area contributed by atoms with Crippen molar-refractivity contribution < 1.29 is 18.7 Å². The zero-order valence-electron chi connectivity index (χ0n) is 15.0. The first-order valence-electron chi connectivity index (χ1n) is 8.45. The molecule has 8 heteroatoms. The highest BCUT2D eigenvalue weighted by molar-refractivity contribution is 5.90. The molecule has 0 spiro atoms. The summed E-state index contributed by atoms with van der Waals surface area (Å²) in [6.07, 6.45) is 1.62. The number of allylic oxidation sites excluding steroid dienone is 1. The lowest BCUT2D eigenvalue weighted by atomic mass is 10.1. The molecule has 0 atom stereocenters. The molecule has 0 fully saturated rings. The van der Waals surface area contributed by atoms with E-state index in [9.17, 15) is 14.4 Å². The maximum atomic E-state index is 13.4. The first-order chi connectivity index (χ1) is 13.5. The Bertz CT molecular complexity index is 1100. The number of carbonyl (C=O) groups excluding carboxylic acids is 1. The summed E-state index contributed by atoms with van der Waals surface area (Å²) in [6, 6.07) is 11.3. The van der Waals surface area contributed by atoms with Crippen LogP contribution in [0.25, 0.3) is 22.7 Å². The summed E-state index contributed by atoms with van der Waals surface area (Å²) >= 11 is 0. The average molecular weight is 380 g/mol. The summed E-state index contributed by atoms with van der Waals surface area (Å²) in [7, 11) is 0. The summed E-state index contributed by atoms with van der Waals surface area (Å²) in [5.41, 5.74) is 7.09. The third kappa shape index (κ3) is 4.27. The van der Waals surface area contributed by atoms with Crippen molar-refractivity contribution in [3.8, 4) is 17.6 Å². The highest BCUT2D eigenvalue weighted by atomic mass is 19.1. The van der Waals surface area contributed by atoms with Crippen LogP contribution in [0.2, 0.25) is 0 Å². The normalized spacial score (nSPS) is 11.2. The molecule has 0 aliphatic carbocycles. The number of ether oxygens (including phenoxy) is 2. The molecule has 0 aliphatic rings. The van der Waals surface area contributed by atoms with Gasteiger partial charge in [-0.1, -0.05) is 6.07 Å². The van der Waals surface area contributed by atoms with Crippen LogP contribution >= 0.6 is 0 Å². The summed E-state index contributed by atoms with van der Waals surface area (Å²) < 4.78 is 24.2. The molecule has 3 aromatic rings. The molecule has 3 N–H and O–H groups in total. The highest BCUT2D eigenvalue weighted by Gasteiger charge is 2.11. The molecule has 1 aromatic heterocycles. The molecule has 0 saturated carbocycles. The van der Waals surface area contributed by atoms with Gasteiger partial charge in [0.2, 0.25) is 0 Å². The van der Waals surface area contributed by atoms with Gasteiger partial charge in [0.25, 0.3) is 5.91 Å². The third-order valence-electron chi connectivity index (χ3n) is 3.77. The Morgan fingerprint density at radius 2 is 2.11 bits per heavy atom. The largest absolute Gasteiger partial charge is 0.490 e. The zero-order chi connectivity index (χ0) is 20.1. The van der Waals surface area contributed by atoms with Gasteiger partial charge >= 0.3 is 0 Å². The number of amides is 1. The maximum Gasteiger partial charge on any atom is 0.255 e. The lowest BCUT2D eigenvalue weighted by molar-refractivity contribution is -0.119. The van der Waals surface area contributed by atoms with Crippen LogP contribution in [-0.2, 0) is 4.79 Å². The van der Waals surface area contributed by atoms with Gasteiger partial charge in [0, 0.05) is 0 Å². The second kappa shape index (κ2) is 8.22. The fourth-order valence-corrected chi connectivity index (χ4v) is 2.58. The van der Waals surface area contributed by atoms with Crippen molar-refractivity contribution in [2.75, 3.05) is 13.2 Å². The van der Waals surface area contributed by atoms with Crippen molar-refractivity contribution >= 4 is 28.6 Å². The molecule has 0 saturated heterocycles. The second-order valence-corrected chi connectivity index (χ2v) is 5.81. The number of nitriles is 1. The SMILES string of the molecule is CCOc1cc(/C=C(/C#N)c2nc3ccc(F)cc3[nH]2)ccc1OCC(N)=O.